The van der Waals surface area contributed by atoms with Gasteiger partial charge >= 0.3 is 0 Å². The predicted octanol–water partition coefficient (Wildman–Crippen LogP) is 4.60. The van der Waals surface area contributed by atoms with E-state index >= 15 is 0 Å². The molecule has 1 N–H and O–H groups in total. The molecule has 2 rings (SSSR count). The van der Waals surface area contributed by atoms with E-state index in [0.29, 0.717) is 24.4 Å². The maximum atomic E-state index is 13.0. The van der Waals surface area contributed by atoms with E-state index in [-0.39, 0.29) is 17.9 Å². The molecule has 0 aliphatic heterocycles. The Bertz CT molecular complexity index is 777. The third-order valence-electron chi connectivity index (χ3n) is 4.46. The van der Waals surface area contributed by atoms with Gasteiger partial charge in [-0.3, -0.25) is 9.59 Å². The molecule has 1 atom stereocenters. The largest absolute Gasteiger partial charge is 0.352 e. The number of carbonyl (C=O) groups excluding carboxylic acids is 2. The molecular formula is C23H29ClN2O2. The summed E-state index contributed by atoms with van der Waals surface area (Å²) in [5.74, 6) is -0.183. The second-order valence-corrected chi connectivity index (χ2v) is 7.64. The van der Waals surface area contributed by atoms with Gasteiger partial charge in [0.25, 0.3) is 0 Å². The lowest BCUT2D eigenvalue weighted by Gasteiger charge is -2.32. The molecule has 5 heteroatoms. The van der Waals surface area contributed by atoms with Crippen molar-refractivity contribution in [2.24, 2.45) is 0 Å². The molecule has 0 radical (unpaired) electrons. The van der Waals surface area contributed by atoms with Crippen molar-refractivity contribution in [1.29, 1.82) is 0 Å². The normalized spacial score (nSPS) is 11.9. The van der Waals surface area contributed by atoms with Gasteiger partial charge in [-0.05, 0) is 37.5 Å². The molecule has 4 nitrogen and oxygen atoms in total. The van der Waals surface area contributed by atoms with Crippen molar-refractivity contribution in [2.45, 2.75) is 58.7 Å². The van der Waals surface area contributed by atoms with Crippen molar-refractivity contribution < 1.29 is 9.59 Å². The monoisotopic (exact) mass is 400 g/mol. The molecule has 0 unspecified atom stereocenters. The van der Waals surface area contributed by atoms with Crippen molar-refractivity contribution in [1.82, 2.24) is 10.2 Å². The summed E-state index contributed by atoms with van der Waals surface area (Å²) < 4.78 is 0. The Labute approximate surface area is 172 Å². The van der Waals surface area contributed by atoms with E-state index in [1.165, 1.54) is 0 Å². The Hall–Kier alpha value is -2.33. The minimum absolute atomic E-state index is 0.00536. The molecule has 0 bridgehead atoms. The Kier molecular flexibility index (Phi) is 8.52. The molecule has 2 aromatic carbocycles. The Balaban J connectivity index is 2.39. The molecule has 0 fully saturated rings. The van der Waals surface area contributed by atoms with Crippen LogP contribution in [0.15, 0.2) is 54.6 Å². The summed E-state index contributed by atoms with van der Waals surface area (Å²) in [6.45, 7) is 6.11. The van der Waals surface area contributed by atoms with Crippen LogP contribution < -0.4 is 5.32 Å². The first-order chi connectivity index (χ1) is 13.4. The van der Waals surface area contributed by atoms with Crippen molar-refractivity contribution in [3.8, 4) is 0 Å². The molecular weight excluding hydrogens is 372 g/mol. The van der Waals surface area contributed by atoms with Gasteiger partial charge in [-0.2, -0.15) is 0 Å². The van der Waals surface area contributed by atoms with E-state index in [9.17, 15) is 9.59 Å². The van der Waals surface area contributed by atoms with E-state index in [0.717, 1.165) is 17.5 Å². The van der Waals surface area contributed by atoms with Crippen LogP contribution in [0.4, 0.5) is 0 Å². The molecule has 0 spiro atoms. The highest BCUT2D eigenvalue weighted by molar-refractivity contribution is 6.31. The van der Waals surface area contributed by atoms with Crippen LogP contribution in [-0.2, 0) is 22.6 Å². The zero-order valence-corrected chi connectivity index (χ0v) is 17.6. The van der Waals surface area contributed by atoms with Gasteiger partial charge in [-0.1, -0.05) is 67.1 Å². The lowest BCUT2D eigenvalue weighted by molar-refractivity contribution is -0.141. The standard InChI is InChI=1S/C23H29ClN2O2/c1-4-10-22(27)26(16-19-13-8-9-14-20(19)24)21(23(28)25-17(2)3)15-18-11-6-5-7-12-18/h5-9,11-14,17,21H,4,10,15-16H2,1-3H3,(H,25,28)/t21-/m1/s1. The second-order valence-electron chi connectivity index (χ2n) is 7.23. The molecule has 28 heavy (non-hydrogen) atoms. The van der Waals surface area contributed by atoms with Crippen LogP contribution in [0.2, 0.25) is 5.02 Å². The minimum Gasteiger partial charge on any atom is -0.352 e. The number of nitrogens with one attached hydrogen (secondary N) is 1. The van der Waals surface area contributed by atoms with E-state index in [1.807, 2.05) is 69.3 Å². The van der Waals surface area contributed by atoms with Crippen molar-refractivity contribution in [2.75, 3.05) is 0 Å². The van der Waals surface area contributed by atoms with Crippen LogP contribution in [-0.4, -0.2) is 28.8 Å². The molecule has 0 heterocycles. The summed E-state index contributed by atoms with van der Waals surface area (Å²) in [5, 5.41) is 3.57. The third-order valence-corrected chi connectivity index (χ3v) is 4.83. The first-order valence-corrected chi connectivity index (χ1v) is 10.2. The van der Waals surface area contributed by atoms with Gasteiger partial charge in [-0.25, -0.2) is 0 Å². The SMILES string of the molecule is CCCC(=O)N(Cc1ccccc1Cl)[C@H](Cc1ccccc1)C(=O)NC(C)C. The van der Waals surface area contributed by atoms with Gasteiger partial charge in [0, 0.05) is 30.5 Å². The van der Waals surface area contributed by atoms with E-state index in [2.05, 4.69) is 5.32 Å². The summed E-state index contributed by atoms with van der Waals surface area (Å²) in [6, 6.07) is 16.6. The number of hydrogen-bond acceptors (Lipinski definition) is 2. The predicted molar refractivity (Wildman–Crippen MR) is 114 cm³/mol. The average Bonchev–Trinajstić information content (AvgIpc) is 2.66. The van der Waals surface area contributed by atoms with Crippen molar-refractivity contribution in [3.05, 3.63) is 70.7 Å². The summed E-state index contributed by atoms with van der Waals surface area (Å²) in [7, 11) is 0. The van der Waals surface area contributed by atoms with Crippen LogP contribution in [0.1, 0.15) is 44.7 Å². The average molecular weight is 401 g/mol. The van der Waals surface area contributed by atoms with Crippen LogP contribution in [0.5, 0.6) is 0 Å². The lowest BCUT2D eigenvalue weighted by atomic mass is 10.0. The van der Waals surface area contributed by atoms with E-state index in [4.69, 9.17) is 11.6 Å². The zero-order valence-electron chi connectivity index (χ0n) is 16.8. The van der Waals surface area contributed by atoms with Gasteiger partial charge in [0.2, 0.25) is 11.8 Å². The first kappa shape index (κ1) is 22.0. The molecule has 0 saturated heterocycles. The molecule has 0 aliphatic rings. The highest BCUT2D eigenvalue weighted by atomic mass is 35.5. The van der Waals surface area contributed by atoms with Crippen molar-refractivity contribution in [3.63, 3.8) is 0 Å². The van der Waals surface area contributed by atoms with Gasteiger partial charge in [0.15, 0.2) is 0 Å². The Morgan fingerprint density at radius 3 is 2.29 bits per heavy atom. The number of halogens is 1. The van der Waals surface area contributed by atoms with Crippen LogP contribution in [0.3, 0.4) is 0 Å². The Morgan fingerprint density at radius 1 is 1.04 bits per heavy atom. The molecule has 0 aromatic heterocycles. The highest BCUT2D eigenvalue weighted by Gasteiger charge is 2.30. The molecule has 0 aliphatic carbocycles. The van der Waals surface area contributed by atoms with Crippen LogP contribution in [0, 0.1) is 0 Å². The summed E-state index contributed by atoms with van der Waals surface area (Å²) >= 11 is 6.34. The zero-order chi connectivity index (χ0) is 20.5. The smallest absolute Gasteiger partial charge is 0.243 e. The van der Waals surface area contributed by atoms with Gasteiger partial charge in [0.05, 0.1) is 0 Å². The molecule has 2 aromatic rings. The molecule has 2 amide bonds. The Morgan fingerprint density at radius 2 is 1.68 bits per heavy atom. The number of rotatable bonds is 9. The number of nitrogens with zero attached hydrogens (tertiary/aromatic N) is 1. The van der Waals surface area contributed by atoms with Gasteiger partial charge in [-0.15, -0.1) is 0 Å². The molecule has 0 saturated carbocycles. The third kappa shape index (κ3) is 6.38. The van der Waals surface area contributed by atoms with Gasteiger partial charge in [0.1, 0.15) is 6.04 Å². The fourth-order valence-electron chi connectivity index (χ4n) is 3.10. The number of amides is 2. The number of carbonyl (C=O) groups is 2. The fraction of sp³-hybridized carbons (Fsp3) is 0.391. The van der Waals surface area contributed by atoms with E-state index < -0.39 is 6.04 Å². The van der Waals surface area contributed by atoms with Gasteiger partial charge < -0.3 is 10.2 Å². The minimum atomic E-state index is -0.597. The maximum Gasteiger partial charge on any atom is 0.243 e. The number of hydrogen-bond donors (Lipinski definition) is 1. The summed E-state index contributed by atoms with van der Waals surface area (Å²) in [6.07, 6.45) is 1.58. The second kappa shape index (κ2) is 10.9. The summed E-state index contributed by atoms with van der Waals surface area (Å²) in [5.41, 5.74) is 1.85. The molecule has 150 valence electrons. The maximum absolute atomic E-state index is 13.0. The van der Waals surface area contributed by atoms with E-state index in [1.54, 1.807) is 11.0 Å². The highest BCUT2D eigenvalue weighted by Crippen LogP contribution is 2.21. The topological polar surface area (TPSA) is 49.4 Å². The summed E-state index contributed by atoms with van der Waals surface area (Å²) in [4.78, 5) is 27.7. The number of benzene rings is 2. The first-order valence-electron chi connectivity index (χ1n) is 9.79. The van der Waals surface area contributed by atoms with Crippen LogP contribution in [0.25, 0.3) is 0 Å². The fourth-order valence-corrected chi connectivity index (χ4v) is 3.30. The quantitative estimate of drug-likeness (QED) is 0.668. The van der Waals surface area contributed by atoms with Crippen molar-refractivity contribution >= 4 is 23.4 Å². The van der Waals surface area contributed by atoms with Crippen LogP contribution >= 0.6 is 11.6 Å². The lowest BCUT2D eigenvalue weighted by Crippen LogP contribution is -2.51.